The van der Waals surface area contributed by atoms with E-state index in [9.17, 15) is 21.6 Å². The van der Waals surface area contributed by atoms with Crippen LogP contribution in [0.3, 0.4) is 0 Å². The Labute approximate surface area is 144 Å². The number of benzene rings is 2. The molecule has 0 aliphatic heterocycles. The number of sulfonamides is 1. The van der Waals surface area contributed by atoms with E-state index in [4.69, 9.17) is 4.74 Å². The van der Waals surface area contributed by atoms with Crippen molar-refractivity contribution in [2.24, 2.45) is 0 Å². The maximum absolute atomic E-state index is 12.5. The molecule has 0 unspecified atom stereocenters. The van der Waals surface area contributed by atoms with Crippen molar-refractivity contribution >= 4 is 10.0 Å². The molecule has 0 saturated heterocycles. The van der Waals surface area contributed by atoms with Crippen LogP contribution in [-0.2, 0) is 27.5 Å². The zero-order valence-corrected chi connectivity index (χ0v) is 14.1. The lowest BCUT2D eigenvalue weighted by Crippen LogP contribution is -2.25. The van der Waals surface area contributed by atoms with Crippen molar-refractivity contribution < 1.29 is 26.3 Å². The molecule has 0 heterocycles. The molecule has 0 radical (unpaired) electrons. The number of alkyl halides is 3. The van der Waals surface area contributed by atoms with Crippen molar-refractivity contribution in [2.75, 3.05) is 13.2 Å². The maximum Gasteiger partial charge on any atom is 0.416 e. The van der Waals surface area contributed by atoms with E-state index in [-0.39, 0.29) is 11.4 Å². The summed E-state index contributed by atoms with van der Waals surface area (Å²) in [4.78, 5) is -0.203. The highest BCUT2D eigenvalue weighted by molar-refractivity contribution is 7.89. The van der Waals surface area contributed by atoms with Gasteiger partial charge in [0.05, 0.1) is 17.1 Å². The van der Waals surface area contributed by atoms with Crippen molar-refractivity contribution in [1.29, 1.82) is 0 Å². The normalized spacial score (nSPS) is 12.3. The van der Waals surface area contributed by atoms with E-state index in [1.807, 2.05) is 30.3 Å². The Balaban J connectivity index is 1.76. The van der Waals surface area contributed by atoms with Crippen molar-refractivity contribution in [3.8, 4) is 0 Å². The van der Waals surface area contributed by atoms with Gasteiger partial charge in [-0.25, -0.2) is 13.1 Å². The SMILES string of the molecule is O=S(=O)(NCCCOCc1ccccc1)c1ccc(C(F)(F)F)cc1. The first kappa shape index (κ1) is 19.4. The van der Waals surface area contributed by atoms with Gasteiger partial charge in [0.15, 0.2) is 0 Å². The molecule has 0 fully saturated rings. The van der Waals surface area contributed by atoms with Crippen molar-refractivity contribution in [1.82, 2.24) is 4.72 Å². The molecule has 0 aromatic heterocycles. The van der Waals surface area contributed by atoms with E-state index in [0.29, 0.717) is 19.6 Å². The maximum atomic E-state index is 12.5. The monoisotopic (exact) mass is 373 g/mol. The molecule has 2 aromatic carbocycles. The molecule has 8 heteroatoms. The van der Waals surface area contributed by atoms with Crippen LogP contribution in [0.2, 0.25) is 0 Å². The zero-order valence-electron chi connectivity index (χ0n) is 13.3. The van der Waals surface area contributed by atoms with E-state index in [2.05, 4.69) is 4.72 Å². The highest BCUT2D eigenvalue weighted by atomic mass is 32.2. The summed E-state index contributed by atoms with van der Waals surface area (Å²) >= 11 is 0. The van der Waals surface area contributed by atoms with Gasteiger partial charge in [-0.3, -0.25) is 0 Å². The third-order valence-electron chi connectivity index (χ3n) is 3.36. The standard InChI is InChI=1S/C17H18F3NO3S/c18-17(19,20)15-7-9-16(10-8-15)25(22,23)21-11-4-12-24-13-14-5-2-1-3-6-14/h1-3,5-10,21H,4,11-13H2. The summed E-state index contributed by atoms with van der Waals surface area (Å²) in [6.45, 7) is 0.940. The Morgan fingerprint density at radius 1 is 0.960 bits per heavy atom. The van der Waals surface area contributed by atoms with Gasteiger partial charge >= 0.3 is 6.18 Å². The second-order valence-electron chi connectivity index (χ2n) is 5.31. The molecule has 2 rings (SSSR count). The van der Waals surface area contributed by atoms with Gasteiger partial charge in [0.1, 0.15) is 0 Å². The molecule has 0 saturated carbocycles. The van der Waals surface area contributed by atoms with Gasteiger partial charge in [-0.1, -0.05) is 30.3 Å². The number of halogens is 3. The van der Waals surface area contributed by atoms with Gasteiger partial charge in [0.25, 0.3) is 0 Å². The Bertz CT molecular complexity index is 760. The molecule has 0 amide bonds. The lowest BCUT2D eigenvalue weighted by atomic mass is 10.2. The van der Waals surface area contributed by atoms with E-state index in [1.54, 1.807) is 0 Å². The molecule has 0 bridgehead atoms. The largest absolute Gasteiger partial charge is 0.416 e. The third kappa shape index (κ3) is 6.15. The fourth-order valence-corrected chi connectivity index (χ4v) is 3.13. The van der Waals surface area contributed by atoms with Crippen molar-refractivity contribution in [3.63, 3.8) is 0 Å². The van der Waals surface area contributed by atoms with Crippen LogP contribution in [0.4, 0.5) is 13.2 Å². The number of nitrogens with one attached hydrogen (secondary N) is 1. The lowest BCUT2D eigenvalue weighted by Gasteiger charge is -2.09. The fraction of sp³-hybridized carbons (Fsp3) is 0.294. The summed E-state index contributed by atoms with van der Waals surface area (Å²) < 4.78 is 69.2. The average Bonchev–Trinajstić information content (AvgIpc) is 2.58. The Morgan fingerprint density at radius 3 is 2.20 bits per heavy atom. The molecule has 0 spiro atoms. The van der Waals surface area contributed by atoms with Crippen LogP contribution < -0.4 is 4.72 Å². The minimum atomic E-state index is -4.49. The molecule has 2 aromatic rings. The van der Waals surface area contributed by atoms with Gasteiger partial charge in [-0.15, -0.1) is 0 Å². The van der Waals surface area contributed by atoms with Gasteiger partial charge in [0.2, 0.25) is 10.0 Å². The predicted molar refractivity (Wildman–Crippen MR) is 87.3 cm³/mol. The van der Waals surface area contributed by atoms with E-state index >= 15 is 0 Å². The first-order valence-electron chi connectivity index (χ1n) is 7.58. The molecular weight excluding hydrogens is 355 g/mol. The van der Waals surface area contributed by atoms with Crippen LogP contribution in [0.1, 0.15) is 17.5 Å². The fourth-order valence-electron chi connectivity index (χ4n) is 2.05. The van der Waals surface area contributed by atoms with Crippen molar-refractivity contribution in [3.05, 3.63) is 65.7 Å². The number of hydrogen-bond acceptors (Lipinski definition) is 3. The molecule has 0 aliphatic rings. The van der Waals surface area contributed by atoms with E-state index in [0.717, 1.165) is 29.8 Å². The molecule has 136 valence electrons. The Morgan fingerprint density at radius 2 is 1.60 bits per heavy atom. The summed E-state index contributed by atoms with van der Waals surface area (Å²) in [6.07, 6.45) is -4.04. The number of rotatable bonds is 8. The van der Waals surface area contributed by atoms with Crippen LogP contribution in [0, 0.1) is 0 Å². The minimum Gasteiger partial charge on any atom is -0.377 e. The molecule has 1 N–H and O–H groups in total. The zero-order chi connectivity index (χ0) is 18.3. The first-order chi connectivity index (χ1) is 11.8. The average molecular weight is 373 g/mol. The summed E-state index contributed by atoms with van der Waals surface area (Å²) in [5, 5.41) is 0. The van der Waals surface area contributed by atoms with Gasteiger partial charge in [0, 0.05) is 13.2 Å². The van der Waals surface area contributed by atoms with Crippen molar-refractivity contribution in [2.45, 2.75) is 24.1 Å². The Kier molecular flexibility index (Phi) is 6.57. The van der Waals surface area contributed by atoms with Gasteiger partial charge < -0.3 is 4.74 Å². The summed E-state index contributed by atoms with van der Waals surface area (Å²) in [7, 11) is -3.83. The molecule has 4 nitrogen and oxygen atoms in total. The smallest absolute Gasteiger partial charge is 0.377 e. The molecular formula is C17H18F3NO3S. The topological polar surface area (TPSA) is 55.4 Å². The van der Waals surface area contributed by atoms with Gasteiger partial charge in [-0.05, 0) is 36.2 Å². The highest BCUT2D eigenvalue weighted by Gasteiger charge is 2.30. The first-order valence-corrected chi connectivity index (χ1v) is 9.06. The van der Waals surface area contributed by atoms with Crippen LogP contribution in [0.5, 0.6) is 0 Å². The Hall–Kier alpha value is -1.90. The number of ether oxygens (including phenoxy) is 1. The number of hydrogen-bond donors (Lipinski definition) is 1. The van der Waals surface area contributed by atoms with Crippen LogP contribution in [0.25, 0.3) is 0 Å². The summed E-state index contributed by atoms with van der Waals surface area (Å²) in [5.41, 5.74) is 0.133. The second kappa shape index (κ2) is 8.46. The molecule has 25 heavy (non-hydrogen) atoms. The second-order valence-corrected chi connectivity index (χ2v) is 7.08. The van der Waals surface area contributed by atoms with Crippen LogP contribution in [-0.4, -0.2) is 21.6 Å². The molecule has 0 aliphatic carbocycles. The third-order valence-corrected chi connectivity index (χ3v) is 4.84. The summed E-state index contributed by atoms with van der Waals surface area (Å²) in [6, 6.07) is 12.9. The van der Waals surface area contributed by atoms with Crippen LogP contribution >= 0.6 is 0 Å². The molecule has 0 atom stereocenters. The van der Waals surface area contributed by atoms with E-state index < -0.39 is 21.8 Å². The van der Waals surface area contributed by atoms with Gasteiger partial charge in [-0.2, -0.15) is 13.2 Å². The minimum absolute atomic E-state index is 0.137. The highest BCUT2D eigenvalue weighted by Crippen LogP contribution is 2.29. The predicted octanol–water partition coefficient (Wildman–Crippen LogP) is 3.59. The van der Waals surface area contributed by atoms with Crippen LogP contribution in [0.15, 0.2) is 59.5 Å². The summed E-state index contributed by atoms with van der Waals surface area (Å²) in [5.74, 6) is 0. The quantitative estimate of drug-likeness (QED) is 0.720. The lowest BCUT2D eigenvalue weighted by molar-refractivity contribution is -0.137. The van der Waals surface area contributed by atoms with E-state index in [1.165, 1.54) is 0 Å².